The van der Waals surface area contributed by atoms with Crippen molar-refractivity contribution in [1.29, 1.82) is 0 Å². The second-order valence-corrected chi connectivity index (χ2v) is 4.48. The zero-order chi connectivity index (χ0) is 11.6. The lowest BCUT2D eigenvalue weighted by atomic mass is 10.0. The number of hydrogen-bond donors (Lipinski definition) is 2. The van der Waals surface area contributed by atoms with Gasteiger partial charge in [0.25, 0.3) is 5.56 Å². The maximum Gasteiger partial charge on any atom is 0.293 e. The van der Waals surface area contributed by atoms with Gasteiger partial charge in [-0.15, -0.1) is 0 Å². The van der Waals surface area contributed by atoms with Crippen LogP contribution < -0.4 is 16.2 Å². The molecule has 5 nitrogen and oxygen atoms in total. The summed E-state index contributed by atoms with van der Waals surface area (Å²) in [6.45, 7) is 6.58. The van der Waals surface area contributed by atoms with E-state index in [9.17, 15) is 4.79 Å². The van der Waals surface area contributed by atoms with Crippen molar-refractivity contribution in [3.63, 3.8) is 0 Å². The highest BCUT2D eigenvalue weighted by atomic mass is 16.1. The fourth-order valence-corrected chi connectivity index (χ4v) is 1.99. The normalized spacial score (nSPS) is 24.6. The van der Waals surface area contributed by atoms with E-state index in [1.807, 2.05) is 6.92 Å². The van der Waals surface area contributed by atoms with Gasteiger partial charge < -0.3 is 15.2 Å². The van der Waals surface area contributed by atoms with Crippen LogP contribution in [0, 0.1) is 0 Å². The first kappa shape index (κ1) is 11.1. The van der Waals surface area contributed by atoms with E-state index in [1.54, 1.807) is 17.0 Å². The summed E-state index contributed by atoms with van der Waals surface area (Å²) < 4.78 is 1.65. The molecule has 1 saturated heterocycles. The van der Waals surface area contributed by atoms with Crippen molar-refractivity contribution in [2.75, 3.05) is 18.4 Å². The van der Waals surface area contributed by atoms with Crippen molar-refractivity contribution < 1.29 is 0 Å². The summed E-state index contributed by atoms with van der Waals surface area (Å²) in [5.41, 5.74) is -0.0999. The minimum absolute atomic E-state index is 0.0434. The van der Waals surface area contributed by atoms with Gasteiger partial charge in [0.05, 0.1) is 0 Å². The largest absolute Gasteiger partial charge is 0.359 e. The quantitative estimate of drug-likeness (QED) is 0.778. The predicted molar refractivity (Wildman–Crippen MR) is 63.7 cm³/mol. The Morgan fingerprint density at radius 1 is 1.69 bits per heavy atom. The van der Waals surface area contributed by atoms with Gasteiger partial charge in [-0.2, -0.15) is 0 Å². The lowest BCUT2D eigenvalue weighted by Gasteiger charge is -2.24. The molecule has 1 aliphatic heterocycles. The maximum atomic E-state index is 11.9. The molecular formula is C11H18N4O. The van der Waals surface area contributed by atoms with Crippen molar-refractivity contribution in [1.82, 2.24) is 14.9 Å². The third-order valence-corrected chi connectivity index (χ3v) is 3.04. The number of hydrogen-bond acceptors (Lipinski definition) is 4. The van der Waals surface area contributed by atoms with Crippen molar-refractivity contribution in [3.05, 3.63) is 22.7 Å². The van der Waals surface area contributed by atoms with Crippen LogP contribution in [0.15, 0.2) is 17.2 Å². The molecule has 1 unspecified atom stereocenters. The van der Waals surface area contributed by atoms with Crippen LogP contribution in [0.4, 0.5) is 5.82 Å². The van der Waals surface area contributed by atoms with E-state index in [-0.39, 0.29) is 11.1 Å². The summed E-state index contributed by atoms with van der Waals surface area (Å²) in [6, 6.07) is 0. The van der Waals surface area contributed by atoms with Crippen LogP contribution in [0.2, 0.25) is 0 Å². The van der Waals surface area contributed by atoms with Crippen molar-refractivity contribution >= 4 is 5.82 Å². The van der Waals surface area contributed by atoms with Gasteiger partial charge in [-0.25, -0.2) is 4.98 Å². The fraction of sp³-hybridized carbons (Fsp3) is 0.636. The highest BCUT2D eigenvalue weighted by molar-refractivity contribution is 5.35. The Morgan fingerprint density at radius 2 is 2.50 bits per heavy atom. The average molecular weight is 222 g/mol. The Hall–Kier alpha value is -1.36. The lowest BCUT2D eigenvalue weighted by Crippen LogP contribution is -2.40. The van der Waals surface area contributed by atoms with Gasteiger partial charge in [-0.05, 0) is 26.8 Å². The van der Waals surface area contributed by atoms with Crippen molar-refractivity contribution in [2.45, 2.75) is 32.4 Å². The van der Waals surface area contributed by atoms with Crippen molar-refractivity contribution in [2.24, 2.45) is 0 Å². The molecule has 1 aromatic heterocycles. The number of anilines is 1. The van der Waals surface area contributed by atoms with Crippen LogP contribution in [0.25, 0.3) is 0 Å². The smallest absolute Gasteiger partial charge is 0.293 e. The van der Waals surface area contributed by atoms with Crippen LogP contribution in [-0.2, 0) is 6.54 Å². The third kappa shape index (κ3) is 2.09. The summed E-state index contributed by atoms with van der Waals surface area (Å²) in [5, 5.41) is 6.54. The molecule has 2 heterocycles. The Bertz CT molecular complexity index is 420. The van der Waals surface area contributed by atoms with Gasteiger partial charge in [-0.1, -0.05) is 0 Å². The lowest BCUT2D eigenvalue weighted by molar-refractivity contribution is 0.560. The van der Waals surface area contributed by atoms with Crippen molar-refractivity contribution in [3.8, 4) is 0 Å². The summed E-state index contributed by atoms with van der Waals surface area (Å²) in [7, 11) is 0. The number of aryl methyl sites for hydroxylation is 1. The van der Waals surface area contributed by atoms with Gasteiger partial charge in [0.1, 0.15) is 0 Å². The Balaban J connectivity index is 2.24. The monoisotopic (exact) mass is 222 g/mol. The van der Waals surface area contributed by atoms with E-state index in [4.69, 9.17) is 0 Å². The third-order valence-electron chi connectivity index (χ3n) is 3.04. The summed E-state index contributed by atoms with van der Waals surface area (Å²) in [5.74, 6) is 0.454. The second-order valence-electron chi connectivity index (χ2n) is 4.48. The molecule has 0 amide bonds. The van der Waals surface area contributed by atoms with Crippen LogP contribution in [0.1, 0.15) is 20.3 Å². The summed E-state index contributed by atoms with van der Waals surface area (Å²) in [4.78, 5) is 16.1. The molecule has 0 bridgehead atoms. The van der Waals surface area contributed by atoms with Gasteiger partial charge in [0.2, 0.25) is 0 Å². The molecule has 0 radical (unpaired) electrons. The number of rotatable bonds is 3. The number of nitrogens with one attached hydrogen (secondary N) is 2. The number of aromatic nitrogens is 2. The molecule has 1 aliphatic rings. The highest BCUT2D eigenvalue weighted by Gasteiger charge is 2.29. The molecule has 0 saturated carbocycles. The molecule has 2 rings (SSSR count). The zero-order valence-electron chi connectivity index (χ0n) is 9.79. The van der Waals surface area contributed by atoms with Crippen LogP contribution >= 0.6 is 0 Å². The molecule has 16 heavy (non-hydrogen) atoms. The topological polar surface area (TPSA) is 59.0 Å². The van der Waals surface area contributed by atoms with Gasteiger partial charge in [0, 0.05) is 31.0 Å². The van der Waals surface area contributed by atoms with E-state index in [0.717, 1.165) is 19.5 Å². The Morgan fingerprint density at radius 3 is 3.12 bits per heavy atom. The van der Waals surface area contributed by atoms with E-state index >= 15 is 0 Å². The molecule has 1 fully saturated rings. The minimum Gasteiger partial charge on any atom is -0.359 e. The van der Waals surface area contributed by atoms with E-state index in [0.29, 0.717) is 12.4 Å². The molecular weight excluding hydrogens is 204 g/mol. The first-order chi connectivity index (χ1) is 7.64. The van der Waals surface area contributed by atoms with E-state index < -0.39 is 0 Å². The molecule has 0 spiro atoms. The molecule has 1 atom stereocenters. The van der Waals surface area contributed by atoms with Gasteiger partial charge in [0.15, 0.2) is 5.82 Å². The average Bonchev–Trinajstić information content (AvgIpc) is 2.68. The predicted octanol–water partition coefficient (Wildman–Crippen LogP) is 0.427. The zero-order valence-corrected chi connectivity index (χ0v) is 9.79. The minimum atomic E-state index is -0.0565. The summed E-state index contributed by atoms with van der Waals surface area (Å²) in [6.07, 6.45) is 4.39. The highest BCUT2D eigenvalue weighted by Crippen LogP contribution is 2.17. The van der Waals surface area contributed by atoms with Gasteiger partial charge >= 0.3 is 0 Å². The fourth-order valence-electron chi connectivity index (χ4n) is 1.99. The molecule has 5 heteroatoms. The molecule has 1 aromatic rings. The molecule has 2 N–H and O–H groups in total. The summed E-state index contributed by atoms with van der Waals surface area (Å²) >= 11 is 0. The van der Waals surface area contributed by atoms with Crippen LogP contribution in [0.3, 0.4) is 0 Å². The van der Waals surface area contributed by atoms with Crippen LogP contribution in [0.5, 0.6) is 0 Å². The van der Waals surface area contributed by atoms with Gasteiger partial charge in [-0.3, -0.25) is 4.79 Å². The maximum absolute atomic E-state index is 11.9. The molecule has 0 aromatic carbocycles. The molecule has 0 aliphatic carbocycles. The first-order valence-corrected chi connectivity index (χ1v) is 5.69. The van der Waals surface area contributed by atoms with Crippen LogP contribution in [-0.4, -0.2) is 28.2 Å². The Labute approximate surface area is 94.9 Å². The Kier molecular flexibility index (Phi) is 2.96. The van der Waals surface area contributed by atoms with E-state index in [1.165, 1.54) is 0 Å². The molecule has 88 valence electrons. The number of nitrogens with zero attached hydrogens (tertiary/aromatic N) is 2. The SMILES string of the molecule is CCn1ccnc(NC2(C)CCNC2)c1=O. The first-order valence-electron chi connectivity index (χ1n) is 5.69. The second kappa shape index (κ2) is 4.25. The standard InChI is InChI=1S/C11H18N4O/c1-3-15-7-6-13-9(10(15)16)14-11(2)4-5-12-8-11/h6-7,12H,3-5,8H2,1-2H3,(H,13,14). The van der Waals surface area contributed by atoms with E-state index in [2.05, 4.69) is 22.5 Å².